The number of ether oxygens (including phenoxy) is 1. The molecule has 4 nitrogen and oxygen atoms in total. The van der Waals surface area contributed by atoms with E-state index in [0.29, 0.717) is 15.9 Å². The van der Waals surface area contributed by atoms with Gasteiger partial charge in [0, 0.05) is 5.02 Å². The maximum Gasteiger partial charge on any atom is 0.310 e. The molecule has 0 N–H and O–H groups in total. The average Bonchev–Trinajstić information content (AvgIpc) is 3.00. The van der Waals surface area contributed by atoms with Gasteiger partial charge in [0.1, 0.15) is 10.5 Å². The summed E-state index contributed by atoms with van der Waals surface area (Å²) < 4.78 is 34.7. The average molecular weight is 405 g/mol. The molecule has 0 radical (unpaired) electrons. The molecule has 2 aromatic heterocycles. The summed E-state index contributed by atoms with van der Waals surface area (Å²) in [6.07, 6.45) is 0. The van der Waals surface area contributed by atoms with E-state index in [1.54, 1.807) is 5.38 Å². The predicted octanol–water partition coefficient (Wildman–Crippen LogP) is 5.48. The highest BCUT2D eigenvalue weighted by Gasteiger charge is 2.18. The molecule has 0 saturated carbocycles. The number of hydrogen-bond acceptors (Lipinski definition) is 4. The minimum absolute atomic E-state index is 0.123. The minimum atomic E-state index is -0.690. The summed E-state index contributed by atoms with van der Waals surface area (Å²) in [6.45, 7) is 1.82. The minimum Gasteiger partial charge on any atom is -0.422 e. The molecule has 0 saturated heterocycles. The van der Waals surface area contributed by atoms with Crippen LogP contribution >= 0.6 is 22.9 Å². The van der Waals surface area contributed by atoms with E-state index in [-0.39, 0.29) is 22.3 Å². The Morgan fingerprint density at radius 2 is 1.89 bits per heavy atom. The molecule has 0 aliphatic carbocycles. The highest BCUT2D eigenvalue weighted by Crippen LogP contribution is 2.29. The zero-order chi connectivity index (χ0) is 19.1. The second kappa shape index (κ2) is 6.75. The fraction of sp³-hybridized carbons (Fsp3) is 0.0526. The van der Waals surface area contributed by atoms with Gasteiger partial charge in [-0.2, -0.15) is 4.98 Å². The normalized spacial score (nSPS) is 11.1. The lowest BCUT2D eigenvalue weighted by atomic mass is 10.3. The zero-order valence-electron chi connectivity index (χ0n) is 13.9. The SMILES string of the molecule is Cc1csc2c(=O)n(-c3ccc(F)cc3)c(Oc3ccc(Cl)cc3F)nc12. The third kappa shape index (κ3) is 3.20. The first-order valence-electron chi connectivity index (χ1n) is 7.84. The number of hydrogen-bond donors (Lipinski definition) is 0. The molecule has 2 heterocycles. The number of nitrogens with zero attached hydrogens (tertiary/aromatic N) is 2. The van der Waals surface area contributed by atoms with Crippen molar-refractivity contribution in [2.75, 3.05) is 0 Å². The molecule has 0 fully saturated rings. The lowest BCUT2D eigenvalue weighted by molar-refractivity contribution is 0.400. The van der Waals surface area contributed by atoms with Crippen molar-refractivity contribution in [3.8, 4) is 17.4 Å². The second-order valence-corrected chi connectivity index (χ2v) is 7.10. The molecule has 4 aromatic rings. The fourth-order valence-electron chi connectivity index (χ4n) is 2.61. The topological polar surface area (TPSA) is 44.1 Å². The predicted molar refractivity (Wildman–Crippen MR) is 101 cm³/mol. The van der Waals surface area contributed by atoms with Gasteiger partial charge in [-0.1, -0.05) is 11.6 Å². The third-order valence-electron chi connectivity index (χ3n) is 3.92. The first-order chi connectivity index (χ1) is 12.9. The number of halogens is 3. The Morgan fingerprint density at radius 3 is 2.59 bits per heavy atom. The Kier molecular flexibility index (Phi) is 4.41. The van der Waals surface area contributed by atoms with Gasteiger partial charge in [0.15, 0.2) is 11.6 Å². The quantitative estimate of drug-likeness (QED) is 0.454. The molecule has 0 atom stereocenters. The molecule has 0 spiro atoms. The van der Waals surface area contributed by atoms with E-state index in [1.165, 1.54) is 52.3 Å². The van der Waals surface area contributed by atoms with Crippen molar-refractivity contribution in [3.63, 3.8) is 0 Å². The number of aryl methyl sites for hydroxylation is 1. The van der Waals surface area contributed by atoms with Gasteiger partial charge in [-0.15, -0.1) is 11.3 Å². The lowest BCUT2D eigenvalue weighted by Crippen LogP contribution is -2.20. The van der Waals surface area contributed by atoms with Crippen LogP contribution < -0.4 is 10.3 Å². The summed E-state index contributed by atoms with van der Waals surface area (Å²) in [5, 5.41) is 2.02. The van der Waals surface area contributed by atoms with Gasteiger partial charge >= 0.3 is 6.01 Å². The van der Waals surface area contributed by atoms with Gasteiger partial charge in [0.05, 0.1) is 11.2 Å². The Bertz CT molecular complexity index is 1220. The van der Waals surface area contributed by atoms with Gasteiger partial charge in [-0.05, 0) is 60.3 Å². The molecule has 8 heteroatoms. The van der Waals surface area contributed by atoms with Crippen LogP contribution in [0.5, 0.6) is 11.8 Å². The van der Waals surface area contributed by atoms with Crippen LogP contribution in [0.3, 0.4) is 0 Å². The van der Waals surface area contributed by atoms with E-state index < -0.39 is 11.6 Å². The molecule has 0 amide bonds. The molecule has 2 aromatic carbocycles. The first kappa shape index (κ1) is 17.6. The Balaban J connectivity index is 1.96. The van der Waals surface area contributed by atoms with E-state index >= 15 is 0 Å². The summed E-state index contributed by atoms with van der Waals surface area (Å²) in [7, 11) is 0. The highest BCUT2D eigenvalue weighted by molar-refractivity contribution is 7.17. The van der Waals surface area contributed by atoms with E-state index in [0.717, 1.165) is 11.6 Å². The number of fused-ring (bicyclic) bond motifs is 1. The van der Waals surface area contributed by atoms with Crippen molar-refractivity contribution in [1.82, 2.24) is 9.55 Å². The Hall–Kier alpha value is -2.77. The number of rotatable bonds is 3. The van der Waals surface area contributed by atoms with Crippen LogP contribution in [0.1, 0.15) is 5.56 Å². The van der Waals surface area contributed by atoms with E-state index in [9.17, 15) is 13.6 Å². The number of aromatic nitrogens is 2. The molecule has 4 rings (SSSR count). The van der Waals surface area contributed by atoms with Crippen LogP contribution in [-0.4, -0.2) is 9.55 Å². The zero-order valence-corrected chi connectivity index (χ0v) is 15.4. The van der Waals surface area contributed by atoms with Crippen LogP contribution in [0.15, 0.2) is 52.6 Å². The van der Waals surface area contributed by atoms with E-state index in [2.05, 4.69) is 4.98 Å². The molecular weight excluding hydrogens is 394 g/mol. The van der Waals surface area contributed by atoms with Gasteiger partial charge in [0.25, 0.3) is 5.56 Å². The van der Waals surface area contributed by atoms with Gasteiger partial charge in [0.2, 0.25) is 0 Å². The van der Waals surface area contributed by atoms with Crippen molar-refractivity contribution >= 4 is 33.2 Å². The molecule has 0 unspecified atom stereocenters. The lowest BCUT2D eigenvalue weighted by Gasteiger charge is -2.13. The number of thiophene rings is 1. The smallest absolute Gasteiger partial charge is 0.310 e. The van der Waals surface area contributed by atoms with Crippen molar-refractivity contribution < 1.29 is 13.5 Å². The summed E-state index contributed by atoms with van der Waals surface area (Å²) >= 11 is 7.03. The van der Waals surface area contributed by atoms with Crippen LogP contribution in [0.4, 0.5) is 8.78 Å². The van der Waals surface area contributed by atoms with Crippen molar-refractivity contribution in [3.05, 3.63) is 80.4 Å². The summed E-state index contributed by atoms with van der Waals surface area (Å²) in [4.78, 5) is 17.4. The molecule has 0 bridgehead atoms. The fourth-order valence-corrected chi connectivity index (χ4v) is 3.68. The Labute approximate surface area is 161 Å². The largest absolute Gasteiger partial charge is 0.422 e. The Morgan fingerprint density at radius 1 is 1.15 bits per heavy atom. The highest BCUT2D eigenvalue weighted by atomic mass is 35.5. The van der Waals surface area contributed by atoms with Crippen LogP contribution in [0.25, 0.3) is 15.9 Å². The van der Waals surface area contributed by atoms with Crippen LogP contribution in [0.2, 0.25) is 5.02 Å². The van der Waals surface area contributed by atoms with Crippen molar-refractivity contribution in [2.24, 2.45) is 0 Å². The second-order valence-electron chi connectivity index (χ2n) is 5.78. The molecule has 0 aliphatic heterocycles. The maximum atomic E-state index is 14.2. The molecule has 0 aliphatic rings. The van der Waals surface area contributed by atoms with Crippen LogP contribution in [-0.2, 0) is 0 Å². The van der Waals surface area contributed by atoms with Gasteiger partial charge in [-0.3, -0.25) is 4.79 Å². The summed E-state index contributed by atoms with van der Waals surface area (Å²) in [5.74, 6) is -1.27. The summed E-state index contributed by atoms with van der Waals surface area (Å²) in [5.41, 5.74) is 1.26. The van der Waals surface area contributed by atoms with E-state index in [4.69, 9.17) is 16.3 Å². The van der Waals surface area contributed by atoms with E-state index in [1.807, 2.05) is 6.92 Å². The number of benzene rings is 2. The van der Waals surface area contributed by atoms with Gasteiger partial charge < -0.3 is 4.74 Å². The molecule has 27 heavy (non-hydrogen) atoms. The monoisotopic (exact) mass is 404 g/mol. The third-order valence-corrected chi connectivity index (χ3v) is 5.23. The summed E-state index contributed by atoms with van der Waals surface area (Å²) in [6, 6.07) is 9.09. The first-order valence-corrected chi connectivity index (χ1v) is 9.09. The molecule has 136 valence electrons. The molecular formula is C19H11ClF2N2O2S. The van der Waals surface area contributed by atoms with Crippen molar-refractivity contribution in [1.29, 1.82) is 0 Å². The van der Waals surface area contributed by atoms with Crippen LogP contribution in [0, 0.1) is 18.6 Å². The van der Waals surface area contributed by atoms with Gasteiger partial charge in [-0.25, -0.2) is 13.3 Å². The maximum absolute atomic E-state index is 14.2. The standard InChI is InChI=1S/C19H11ClF2N2O2S/c1-10-9-27-17-16(10)23-19(26-15-7-2-11(20)8-14(15)22)24(18(17)25)13-5-3-12(21)4-6-13/h2-9H,1H3. The van der Waals surface area contributed by atoms with Crippen molar-refractivity contribution in [2.45, 2.75) is 6.92 Å².